The van der Waals surface area contributed by atoms with Gasteiger partial charge in [-0.05, 0) is 25.0 Å². The Bertz CT molecular complexity index is 762. The Morgan fingerprint density at radius 1 is 1.24 bits per heavy atom. The maximum atomic E-state index is 11.8. The first-order valence-corrected chi connectivity index (χ1v) is 8.82. The predicted octanol–water partition coefficient (Wildman–Crippen LogP) is 1.69. The first-order valence-electron chi connectivity index (χ1n) is 8.82. The molecule has 1 saturated heterocycles. The third kappa shape index (κ3) is 3.82. The molecule has 1 fully saturated rings. The summed E-state index contributed by atoms with van der Waals surface area (Å²) in [6, 6.07) is 8.21. The van der Waals surface area contributed by atoms with E-state index in [1.54, 1.807) is 0 Å². The quantitative estimate of drug-likeness (QED) is 0.885. The van der Waals surface area contributed by atoms with Crippen molar-refractivity contribution in [2.45, 2.75) is 32.2 Å². The molecule has 1 aliphatic rings. The van der Waals surface area contributed by atoms with E-state index in [1.807, 2.05) is 6.07 Å². The van der Waals surface area contributed by atoms with Gasteiger partial charge in [0, 0.05) is 32.6 Å². The van der Waals surface area contributed by atoms with Crippen molar-refractivity contribution in [1.82, 2.24) is 25.1 Å². The number of imide groups is 1. The summed E-state index contributed by atoms with van der Waals surface area (Å²) in [6.45, 7) is 4.06. The van der Waals surface area contributed by atoms with Gasteiger partial charge in [-0.3, -0.25) is 15.0 Å². The molecule has 0 aliphatic carbocycles. The number of urea groups is 1. The third-order valence-electron chi connectivity index (χ3n) is 4.75. The summed E-state index contributed by atoms with van der Waals surface area (Å²) < 4.78 is 2.37. The molecule has 1 aromatic carbocycles. The van der Waals surface area contributed by atoms with Gasteiger partial charge in [0.1, 0.15) is 5.82 Å². The van der Waals surface area contributed by atoms with Crippen molar-refractivity contribution in [2.24, 2.45) is 0 Å². The summed E-state index contributed by atoms with van der Waals surface area (Å²) in [5, 5.41) is 4.70. The molecular formula is C18H25N5O2. The zero-order chi connectivity index (χ0) is 17.8. The molecule has 3 rings (SSSR count). The number of carbonyl (C=O) groups is 2. The van der Waals surface area contributed by atoms with Gasteiger partial charge in [0.15, 0.2) is 0 Å². The summed E-state index contributed by atoms with van der Waals surface area (Å²) in [6.07, 6.45) is 2.85. The minimum absolute atomic E-state index is 0.255. The molecule has 1 aromatic heterocycles. The molecule has 0 atom stereocenters. The van der Waals surface area contributed by atoms with Crippen LogP contribution >= 0.6 is 0 Å². The van der Waals surface area contributed by atoms with E-state index < -0.39 is 6.03 Å². The van der Waals surface area contributed by atoms with Crippen molar-refractivity contribution >= 4 is 23.0 Å². The van der Waals surface area contributed by atoms with Crippen molar-refractivity contribution in [3.8, 4) is 0 Å². The lowest BCUT2D eigenvalue weighted by Crippen LogP contribution is -2.45. The second-order valence-electron chi connectivity index (χ2n) is 6.37. The number of aromatic nitrogens is 2. The van der Waals surface area contributed by atoms with Crippen molar-refractivity contribution < 1.29 is 9.59 Å². The highest BCUT2D eigenvalue weighted by atomic mass is 16.2. The van der Waals surface area contributed by atoms with E-state index in [2.05, 4.69) is 45.2 Å². The number of fused-ring (bicyclic) bond motifs is 1. The summed E-state index contributed by atoms with van der Waals surface area (Å²) in [5.41, 5.74) is 2.24. The number of hydrogen-bond donors (Lipinski definition) is 2. The van der Waals surface area contributed by atoms with Crippen LogP contribution in [0.3, 0.4) is 0 Å². The van der Waals surface area contributed by atoms with Gasteiger partial charge < -0.3 is 9.88 Å². The van der Waals surface area contributed by atoms with Crippen LogP contribution in [0, 0.1) is 0 Å². The van der Waals surface area contributed by atoms with Gasteiger partial charge in [-0.15, -0.1) is 0 Å². The van der Waals surface area contributed by atoms with Gasteiger partial charge in [0.05, 0.1) is 17.6 Å². The van der Waals surface area contributed by atoms with Gasteiger partial charge in [-0.2, -0.15) is 0 Å². The van der Waals surface area contributed by atoms with Crippen LogP contribution in [-0.4, -0.2) is 53.1 Å². The van der Waals surface area contributed by atoms with E-state index in [0.717, 1.165) is 43.7 Å². The number of aryl methyl sites for hydroxylation is 1. The largest absolute Gasteiger partial charge is 0.341 e. The van der Waals surface area contributed by atoms with Crippen LogP contribution in [0.5, 0.6) is 0 Å². The minimum Gasteiger partial charge on any atom is -0.341 e. The standard InChI is InChI=1S/C18H25N5O2/c1-3-16-20-14-6-4-5-7-15(14)23(16)13-8-10-22(11-9-13)12-17(24)21-18(25)19-2/h4-7,13H,3,8-12H2,1-2H3,(H2,19,21,24,25). The molecule has 1 aliphatic heterocycles. The molecule has 0 spiro atoms. The average Bonchev–Trinajstić information content (AvgIpc) is 3.00. The molecule has 0 bridgehead atoms. The van der Waals surface area contributed by atoms with Crippen LogP contribution in [-0.2, 0) is 11.2 Å². The van der Waals surface area contributed by atoms with E-state index in [1.165, 1.54) is 12.6 Å². The highest BCUT2D eigenvalue weighted by molar-refractivity contribution is 5.95. The number of hydrogen-bond acceptors (Lipinski definition) is 4. The molecule has 25 heavy (non-hydrogen) atoms. The Morgan fingerprint density at radius 3 is 2.64 bits per heavy atom. The average molecular weight is 343 g/mol. The van der Waals surface area contributed by atoms with E-state index in [0.29, 0.717) is 6.04 Å². The molecule has 2 aromatic rings. The molecule has 0 saturated carbocycles. The lowest BCUT2D eigenvalue weighted by Gasteiger charge is -2.33. The normalized spacial score (nSPS) is 16.1. The fourth-order valence-electron chi connectivity index (χ4n) is 3.52. The minimum atomic E-state index is -0.461. The smallest absolute Gasteiger partial charge is 0.321 e. The van der Waals surface area contributed by atoms with E-state index in [4.69, 9.17) is 4.98 Å². The number of nitrogens with one attached hydrogen (secondary N) is 2. The highest BCUT2D eigenvalue weighted by Crippen LogP contribution is 2.28. The first-order chi connectivity index (χ1) is 12.1. The monoisotopic (exact) mass is 343 g/mol. The number of imidazole rings is 1. The van der Waals surface area contributed by atoms with Crippen LogP contribution in [0.4, 0.5) is 4.79 Å². The summed E-state index contributed by atoms with van der Waals surface area (Å²) >= 11 is 0. The van der Waals surface area contributed by atoms with Crippen molar-refractivity contribution in [3.05, 3.63) is 30.1 Å². The molecular weight excluding hydrogens is 318 g/mol. The molecule has 7 heteroatoms. The van der Waals surface area contributed by atoms with E-state index in [-0.39, 0.29) is 12.5 Å². The number of para-hydroxylation sites is 2. The van der Waals surface area contributed by atoms with E-state index in [9.17, 15) is 9.59 Å². The second kappa shape index (κ2) is 7.65. The maximum absolute atomic E-state index is 11.8. The number of piperidine rings is 1. The second-order valence-corrected chi connectivity index (χ2v) is 6.37. The highest BCUT2D eigenvalue weighted by Gasteiger charge is 2.25. The summed E-state index contributed by atoms with van der Waals surface area (Å²) in [7, 11) is 1.49. The van der Waals surface area contributed by atoms with Crippen LogP contribution in [0.15, 0.2) is 24.3 Å². The predicted molar refractivity (Wildman–Crippen MR) is 96.4 cm³/mol. The SMILES string of the molecule is CCc1nc2ccccc2n1C1CCN(CC(=O)NC(=O)NC)CC1. The zero-order valence-corrected chi connectivity index (χ0v) is 14.8. The lowest BCUT2D eigenvalue weighted by molar-refractivity contribution is -0.121. The Balaban J connectivity index is 1.65. The van der Waals surface area contributed by atoms with Crippen molar-refractivity contribution in [3.63, 3.8) is 0 Å². The Labute approximate surface area is 147 Å². The lowest BCUT2D eigenvalue weighted by atomic mass is 10.0. The van der Waals surface area contributed by atoms with Crippen LogP contribution in [0.1, 0.15) is 31.6 Å². The molecule has 0 radical (unpaired) electrons. The Morgan fingerprint density at radius 2 is 1.96 bits per heavy atom. The molecule has 7 nitrogen and oxygen atoms in total. The molecule has 2 N–H and O–H groups in total. The van der Waals surface area contributed by atoms with Crippen molar-refractivity contribution in [2.75, 3.05) is 26.7 Å². The first kappa shape index (κ1) is 17.4. The van der Waals surface area contributed by atoms with E-state index >= 15 is 0 Å². The number of nitrogens with zero attached hydrogens (tertiary/aromatic N) is 3. The molecule has 134 valence electrons. The van der Waals surface area contributed by atoms with Gasteiger partial charge in [0.2, 0.25) is 5.91 Å². The number of carbonyl (C=O) groups excluding carboxylic acids is 2. The number of amides is 3. The van der Waals surface area contributed by atoms with Crippen molar-refractivity contribution in [1.29, 1.82) is 0 Å². The van der Waals surface area contributed by atoms with Crippen LogP contribution in [0.2, 0.25) is 0 Å². The Kier molecular flexibility index (Phi) is 5.33. The number of benzene rings is 1. The van der Waals surface area contributed by atoms with Crippen LogP contribution < -0.4 is 10.6 Å². The maximum Gasteiger partial charge on any atom is 0.321 e. The fraction of sp³-hybridized carbons (Fsp3) is 0.500. The summed E-state index contributed by atoms with van der Waals surface area (Å²) in [5.74, 6) is 0.858. The van der Waals surface area contributed by atoms with Gasteiger partial charge in [-0.1, -0.05) is 19.1 Å². The van der Waals surface area contributed by atoms with Gasteiger partial charge >= 0.3 is 6.03 Å². The molecule has 3 amide bonds. The van der Waals surface area contributed by atoms with Gasteiger partial charge in [0.25, 0.3) is 0 Å². The third-order valence-corrected chi connectivity index (χ3v) is 4.75. The Hall–Kier alpha value is -2.41. The van der Waals surface area contributed by atoms with Gasteiger partial charge in [-0.25, -0.2) is 9.78 Å². The topological polar surface area (TPSA) is 79.3 Å². The number of likely N-dealkylation sites (tertiary alicyclic amines) is 1. The van der Waals surface area contributed by atoms with Crippen LogP contribution in [0.25, 0.3) is 11.0 Å². The number of rotatable bonds is 4. The molecule has 2 heterocycles. The summed E-state index contributed by atoms with van der Waals surface area (Å²) in [4.78, 5) is 29.9. The molecule has 0 unspecified atom stereocenters. The fourth-order valence-corrected chi connectivity index (χ4v) is 3.52. The zero-order valence-electron chi connectivity index (χ0n) is 14.8.